The molecule has 0 bridgehead atoms. The molecule has 0 saturated carbocycles. The summed E-state index contributed by atoms with van der Waals surface area (Å²) in [6, 6.07) is 11.5. The zero-order valence-corrected chi connectivity index (χ0v) is 16.2. The van der Waals surface area contributed by atoms with E-state index in [2.05, 4.69) is 19.8 Å². The van der Waals surface area contributed by atoms with Gasteiger partial charge in [-0.25, -0.2) is 4.98 Å². The Bertz CT molecular complexity index is 1100. The van der Waals surface area contributed by atoms with Crippen molar-refractivity contribution >= 4 is 23.3 Å². The Kier molecular flexibility index (Phi) is 4.62. The first kappa shape index (κ1) is 19.1. The lowest BCUT2D eigenvalue weighted by Crippen LogP contribution is -2.25. The van der Waals surface area contributed by atoms with Gasteiger partial charge in [0.2, 0.25) is 0 Å². The predicted molar refractivity (Wildman–Crippen MR) is 105 cm³/mol. The fourth-order valence-corrected chi connectivity index (χ4v) is 3.43. The van der Waals surface area contributed by atoms with E-state index in [1.54, 1.807) is 12.1 Å². The summed E-state index contributed by atoms with van der Waals surface area (Å²) in [5, 5.41) is 2.97. The highest BCUT2D eigenvalue weighted by Crippen LogP contribution is 2.46. The third-order valence-corrected chi connectivity index (χ3v) is 4.83. The molecule has 1 N–H and O–H groups in total. The molecule has 1 aromatic heterocycles. The number of amides is 1. The van der Waals surface area contributed by atoms with Crippen LogP contribution in [0, 0.1) is 13.8 Å². The standard InChI is InChI=1S/C21H15ClF2N2O3/c1-11-4-3-5-12(2)19(11)20(27)26-18-7-6-13(10-25-18)14-8-16-17(9-15(14)22)29-21(23,24)28-16/h3-10H,1-2H3,(H,25,26,27). The van der Waals surface area contributed by atoms with Crippen molar-refractivity contribution in [1.29, 1.82) is 0 Å². The number of rotatable bonds is 3. The minimum absolute atomic E-state index is 0.109. The second-order valence-corrected chi connectivity index (χ2v) is 7.01. The number of aromatic nitrogens is 1. The van der Waals surface area contributed by atoms with E-state index >= 15 is 0 Å². The molecule has 0 fully saturated rings. The molecule has 3 aromatic rings. The van der Waals surface area contributed by atoms with E-state index in [-0.39, 0.29) is 22.4 Å². The molecular formula is C21H15ClF2N2O3. The average Bonchev–Trinajstić information content (AvgIpc) is 2.94. The lowest BCUT2D eigenvalue weighted by atomic mass is 10.0. The van der Waals surface area contributed by atoms with Crippen LogP contribution >= 0.6 is 11.6 Å². The van der Waals surface area contributed by atoms with Gasteiger partial charge in [-0.05, 0) is 43.2 Å². The molecule has 29 heavy (non-hydrogen) atoms. The number of nitrogens with one attached hydrogen (secondary N) is 1. The van der Waals surface area contributed by atoms with Gasteiger partial charge < -0.3 is 14.8 Å². The zero-order valence-electron chi connectivity index (χ0n) is 15.4. The molecular weight excluding hydrogens is 402 g/mol. The van der Waals surface area contributed by atoms with Crippen LogP contribution in [0.5, 0.6) is 11.5 Å². The van der Waals surface area contributed by atoms with Gasteiger partial charge in [-0.3, -0.25) is 4.79 Å². The number of aryl methyl sites for hydroxylation is 2. The van der Waals surface area contributed by atoms with Crippen LogP contribution in [0.15, 0.2) is 48.7 Å². The minimum Gasteiger partial charge on any atom is -0.395 e. The topological polar surface area (TPSA) is 60.5 Å². The third kappa shape index (κ3) is 3.73. The van der Waals surface area contributed by atoms with Gasteiger partial charge in [0.15, 0.2) is 11.5 Å². The maximum absolute atomic E-state index is 13.2. The Morgan fingerprint density at radius 1 is 1.07 bits per heavy atom. The lowest BCUT2D eigenvalue weighted by molar-refractivity contribution is -0.286. The molecule has 4 rings (SSSR count). The number of hydrogen-bond acceptors (Lipinski definition) is 4. The summed E-state index contributed by atoms with van der Waals surface area (Å²) in [7, 11) is 0. The Labute approximate surface area is 170 Å². The molecule has 1 aliphatic rings. The van der Waals surface area contributed by atoms with Gasteiger partial charge in [-0.1, -0.05) is 29.8 Å². The van der Waals surface area contributed by atoms with E-state index in [0.29, 0.717) is 22.5 Å². The van der Waals surface area contributed by atoms with Crippen LogP contribution in [0.2, 0.25) is 5.02 Å². The number of fused-ring (bicyclic) bond motifs is 1. The molecule has 1 aliphatic heterocycles. The fourth-order valence-electron chi connectivity index (χ4n) is 3.17. The molecule has 0 spiro atoms. The van der Waals surface area contributed by atoms with Crippen LogP contribution in [-0.4, -0.2) is 17.2 Å². The first-order valence-corrected chi connectivity index (χ1v) is 9.05. The first-order valence-electron chi connectivity index (χ1n) is 8.67. The van der Waals surface area contributed by atoms with Crippen molar-refractivity contribution in [3.05, 3.63) is 70.4 Å². The number of anilines is 1. The van der Waals surface area contributed by atoms with Crippen LogP contribution in [-0.2, 0) is 0 Å². The number of hydrogen-bond donors (Lipinski definition) is 1. The van der Waals surface area contributed by atoms with Crippen molar-refractivity contribution in [1.82, 2.24) is 4.98 Å². The van der Waals surface area contributed by atoms with Gasteiger partial charge in [-0.15, -0.1) is 8.78 Å². The minimum atomic E-state index is -3.72. The quantitative estimate of drug-likeness (QED) is 0.604. The Hall–Kier alpha value is -3.19. The summed E-state index contributed by atoms with van der Waals surface area (Å²) in [5.41, 5.74) is 3.35. The molecule has 5 nitrogen and oxygen atoms in total. The van der Waals surface area contributed by atoms with E-state index in [0.717, 1.165) is 11.1 Å². The number of carbonyl (C=O) groups excluding carboxylic acids is 1. The van der Waals surface area contributed by atoms with E-state index in [1.807, 2.05) is 32.0 Å². The van der Waals surface area contributed by atoms with Gasteiger partial charge in [0.1, 0.15) is 5.82 Å². The number of halogens is 3. The summed E-state index contributed by atoms with van der Waals surface area (Å²) < 4.78 is 35.3. The maximum Gasteiger partial charge on any atom is 0.586 e. The van der Waals surface area contributed by atoms with Crippen molar-refractivity contribution in [2.45, 2.75) is 20.1 Å². The third-order valence-electron chi connectivity index (χ3n) is 4.52. The number of nitrogens with zero attached hydrogens (tertiary/aromatic N) is 1. The summed E-state index contributed by atoms with van der Waals surface area (Å²) in [6.45, 7) is 3.73. The number of carbonyl (C=O) groups is 1. The van der Waals surface area contributed by atoms with Gasteiger partial charge in [-0.2, -0.15) is 0 Å². The summed E-state index contributed by atoms with van der Waals surface area (Å²) >= 11 is 6.20. The van der Waals surface area contributed by atoms with Gasteiger partial charge in [0, 0.05) is 29.0 Å². The number of benzene rings is 2. The molecule has 0 atom stereocenters. The highest BCUT2D eigenvalue weighted by Gasteiger charge is 2.43. The molecule has 2 heterocycles. The predicted octanol–water partition coefficient (Wildman–Crippen LogP) is 5.59. The van der Waals surface area contributed by atoms with Crippen LogP contribution in [0.3, 0.4) is 0 Å². The van der Waals surface area contributed by atoms with Gasteiger partial charge >= 0.3 is 6.29 Å². The lowest BCUT2D eigenvalue weighted by Gasteiger charge is -2.11. The number of ether oxygens (including phenoxy) is 2. The van der Waals surface area contributed by atoms with Crippen molar-refractivity contribution in [2.75, 3.05) is 5.32 Å². The molecule has 1 amide bonds. The van der Waals surface area contributed by atoms with Gasteiger partial charge in [0.05, 0.1) is 5.02 Å². The van der Waals surface area contributed by atoms with E-state index in [4.69, 9.17) is 11.6 Å². The zero-order chi connectivity index (χ0) is 20.8. The highest BCUT2D eigenvalue weighted by molar-refractivity contribution is 6.33. The van der Waals surface area contributed by atoms with Gasteiger partial charge in [0.25, 0.3) is 5.91 Å². The molecule has 148 valence electrons. The molecule has 8 heteroatoms. The molecule has 2 aromatic carbocycles. The van der Waals surface area contributed by atoms with Crippen molar-refractivity contribution in [3.63, 3.8) is 0 Å². The average molecular weight is 417 g/mol. The Morgan fingerprint density at radius 2 is 1.72 bits per heavy atom. The summed E-state index contributed by atoms with van der Waals surface area (Å²) in [5.74, 6) is -0.148. The van der Waals surface area contributed by atoms with Crippen LogP contribution < -0.4 is 14.8 Å². The van der Waals surface area contributed by atoms with Crippen LogP contribution in [0.1, 0.15) is 21.5 Å². The van der Waals surface area contributed by atoms with E-state index < -0.39 is 6.29 Å². The summed E-state index contributed by atoms with van der Waals surface area (Å²) in [4.78, 5) is 16.8. The smallest absolute Gasteiger partial charge is 0.395 e. The highest BCUT2D eigenvalue weighted by atomic mass is 35.5. The second-order valence-electron chi connectivity index (χ2n) is 6.60. The fraction of sp³-hybridized carbons (Fsp3) is 0.143. The molecule has 0 radical (unpaired) electrons. The Morgan fingerprint density at radius 3 is 2.34 bits per heavy atom. The molecule has 0 saturated heterocycles. The maximum atomic E-state index is 13.2. The van der Waals surface area contributed by atoms with Crippen molar-refractivity contribution in [3.8, 4) is 22.6 Å². The normalized spacial score (nSPS) is 14.0. The SMILES string of the molecule is Cc1cccc(C)c1C(=O)Nc1ccc(-c2cc3c(cc2Cl)OC(F)(F)O3)cn1. The Balaban J connectivity index is 1.57. The molecule has 0 aliphatic carbocycles. The number of alkyl halides is 2. The van der Waals surface area contributed by atoms with Crippen LogP contribution in [0.25, 0.3) is 11.1 Å². The van der Waals surface area contributed by atoms with Crippen molar-refractivity contribution in [2.24, 2.45) is 0 Å². The molecule has 0 unspecified atom stereocenters. The van der Waals surface area contributed by atoms with Crippen LogP contribution in [0.4, 0.5) is 14.6 Å². The number of pyridine rings is 1. The van der Waals surface area contributed by atoms with Crippen molar-refractivity contribution < 1.29 is 23.0 Å². The summed E-state index contributed by atoms with van der Waals surface area (Å²) in [6.07, 6.45) is -2.23. The monoisotopic (exact) mass is 416 g/mol. The largest absolute Gasteiger partial charge is 0.586 e. The second kappa shape index (κ2) is 7.00. The first-order chi connectivity index (χ1) is 13.7. The van der Waals surface area contributed by atoms with E-state index in [9.17, 15) is 13.6 Å². The van der Waals surface area contributed by atoms with E-state index in [1.165, 1.54) is 18.3 Å².